The fraction of sp³-hybridized carbons (Fsp3) is 0. The molecular formula is C13H9ClN2. The fourth-order valence-electron chi connectivity index (χ4n) is 1.55. The second kappa shape index (κ2) is 4.26. The highest BCUT2D eigenvalue weighted by Crippen LogP contribution is 2.33. The van der Waals surface area contributed by atoms with Gasteiger partial charge < -0.3 is 5.73 Å². The smallest absolute Gasteiger partial charge is 0.103 e. The Kier molecular flexibility index (Phi) is 2.80. The number of halogens is 1. The van der Waals surface area contributed by atoms with Crippen LogP contribution in [0.3, 0.4) is 0 Å². The number of benzene rings is 2. The van der Waals surface area contributed by atoms with Gasteiger partial charge in [0.15, 0.2) is 0 Å². The van der Waals surface area contributed by atoms with E-state index in [-0.39, 0.29) is 0 Å². The van der Waals surface area contributed by atoms with Crippen molar-refractivity contribution < 1.29 is 0 Å². The molecule has 0 spiro atoms. The van der Waals surface area contributed by atoms with Crippen molar-refractivity contribution in [3.05, 3.63) is 53.1 Å². The normalized spacial score (nSPS) is 9.75. The van der Waals surface area contributed by atoms with E-state index in [0.717, 1.165) is 11.1 Å². The molecule has 2 aromatic carbocycles. The van der Waals surface area contributed by atoms with Crippen LogP contribution in [0.15, 0.2) is 42.5 Å². The molecule has 0 saturated heterocycles. The quantitative estimate of drug-likeness (QED) is 0.760. The van der Waals surface area contributed by atoms with Gasteiger partial charge in [-0.25, -0.2) is 0 Å². The Morgan fingerprint density at radius 1 is 1.06 bits per heavy atom. The molecule has 0 aliphatic carbocycles. The van der Waals surface area contributed by atoms with E-state index >= 15 is 0 Å². The van der Waals surface area contributed by atoms with Crippen LogP contribution in [0.1, 0.15) is 5.56 Å². The molecule has 0 bridgehead atoms. The van der Waals surface area contributed by atoms with Crippen LogP contribution in [-0.2, 0) is 0 Å². The van der Waals surface area contributed by atoms with Crippen molar-refractivity contribution in [2.45, 2.75) is 0 Å². The summed E-state index contributed by atoms with van der Waals surface area (Å²) >= 11 is 6.15. The first-order valence-electron chi connectivity index (χ1n) is 4.77. The van der Waals surface area contributed by atoms with Crippen LogP contribution < -0.4 is 5.73 Å². The number of nitrogens with zero attached hydrogens (tertiary/aromatic N) is 1. The van der Waals surface area contributed by atoms with E-state index in [0.29, 0.717) is 16.3 Å². The summed E-state index contributed by atoms with van der Waals surface area (Å²) in [7, 11) is 0. The van der Waals surface area contributed by atoms with Crippen molar-refractivity contribution >= 4 is 17.3 Å². The lowest BCUT2D eigenvalue weighted by molar-refractivity contribution is 1.48. The Balaban J connectivity index is 2.65. The lowest BCUT2D eigenvalue weighted by Gasteiger charge is -2.07. The third-order valence-corrected chi connectivity index (χ3v) is 2.76. The molecule has 0 heterocycles. The average molecular weight is 229 g/mol. The van der Waals surface area contributed by atoms with Gasteiger partial charge in [-0.15, -0.1) is 0 Å². The number of anilines is 1. The van der Waals surface area contributed by atoms with E-state index < -0.39 is 0 Å². The summed E-state index contributed by atoms with van der Waals surface area (Å²) in [6.07, 6.45) is 0. The van der Waals surface area contributed by atoms with E-state index in [9.17, 15) is 0 Å². The van der Waals surface area contributed by atoms with Crippen molar-refractivity contribution in [1.82, 2.24) is 0 Å². The molecule has 0 aromatic heterocycles. The maximum atomic E-state index is 8.96. The zero-order chi connectivity index (χ0) is 11.5. The minimum absolute atomic E-state index is 0.336. The molecule has 3 heteroatoms. The SMILES string of the molecule is N#Cc1c(N)ccc(-c2ccccc2)c1Cl. The van der Waals surface area contributed by atoms with Gasteiger partial charge in [0, 0.05) is 5.56 Å². The van der Waals surface area contributed by atoms with Gasteiger partial charge in [0.25, 0.3) is 0 Å². The number of nitrogens with two attached hydrogens (primary N) is 1. The molecule has 2 rings (SSSR count). The molecule has 2 nitrogen and oxygen atoms in total. The zero-order valence-corrected chi connectivity index (χ0v) is 9.20. The van der Waals surface area contributed by atoms with E-state index in [1.54, 1.807) is 6.07 Å². The van der Waals surface area contributed by atoms with Crippen molar-refractivity contribution in [2.24, 2.45) is 0 Å². The van der Waals surface area contributed by atoms with E-state index in [2.05, 4.69) is 0 Å². The summed E-state index contributed by atoms with van der Waals surface area (Å²) in [6, 6.07) is 15.2. The molecule has 78 valence electrons. The highest BCUT2D eigenvalue weighted by molar-refractivity contribution is 6.35. The minimum atomic E-state index is 0.336. The molecule has 2 aromatic rings. The van der Waals surface area contributed by atoms with Gasteiger partial charge in [-0.3, -0.25) is 0 Å². The second-order valence-electron chi connectivity index (χ2n) is 3.37. The Morgan fingerprint density at radius 3 is 2.38 bits per heavy atom. The van der Waals surface area contributed by atoms with Gasteiger partial charge in [-0.2, -0.15) is 5.26 Å². The summed E-state index contributed by atoms with van der Waals surface area (Å²) in [6.45, 7) is 0. The molecule has 0 aliphatic heterocycles. The summed E-state index contributed by atoms with van der Waals surface area (Å²) in [5.74, 6) is 0. The monoisotopic (exact) mass is 228 g/mol. The third kappa shape index (κ3) is 1.73. The fourth-order valence-corrected chi connectivity index (χ4v) is 1.87. The van der Waals surface area contributed by atoms with Crippen LogP contribution >= 0.6 is 11.6 Å². The van der Waals surface area contributed by atoms with E-state index in [1.807, 2.05) is 42.5 Å². The first-order chi connectivity index (χ1) is 7.74. The van der Waals surface area contributed by atoms with Crippen molar-refractivity contribution in [3.63, 3.8) is 0 Å². The maximum Gasteiger partial charge on any atom is 0.103 e. The van der Waals surface area contributed by atoms with Gasteiger partial charge in [0.2, 0.25) is 0 Å². The number of rotatable bonds is 1. The largest absolute Gasteiger partial charge is 0.398 e. The van der Waals surface area contributed by atoms with Gasteiger partial charge in [0.1, 0.15) is 6.07 Å². The highest BCUT2D eigenvalue weighted by Gasteiger charge is 2.10. The summed E-state index contributed by atoms with van der Waals surface area (Å²) in [4.78, 5) is 0. The highest BCUT2D eigenvalue weighted by atomic mass is 35.5. The van der Waals surface area contributed by atoms with Crippen LogP contribution in [0.2, 0.25) is 5.02 Å². The average Bonchev–Trinajstić information content (AvgIpc) is 2.31. The van der Waals surface area contributed by atoms with Crippen molar-refractivity contribution in [1.29, 1.82) is 5.26 Å². The number of hydrogen-bond acceptors (Lipinski definition) is 2. The van der Waals surface area contributed by atoms with E-state index in [1.165, 1.54) is 0 Å². The van der Waals surface area contributed by atoms with Crippen LogP contribution in [-0.4, -0.2) is 0 Å². The molecule has 0 radical (unpaired) electrons. The lowest BCUT2D eigenvalue weighted by Crippen LogP contribution is -1.92. The lowest BCUT2D eigenvalue weighted by atomic mass is 10.0. The summed E-state index contributed by atoms with van der Waals surface area (Å²) < 4.78 is 0. The molecule has 0 fully saturated rings. The van der Waals surface area contributed by atoms with Crippen LogP contribution in [0.5, 0.6) is 0 Å². The Labute approximate surface area is 98.9 Å². The zero-order valence-electron chi connectivity index (χ0n) is 8.44. The minimum Gasteiger partial charge on any atom is -0.398 e. The first-order valence-corrected chi connectivity index (χ1v) is 5.15. The topological polar surface area (TPSA) is 49.8 Å². The Morgan fingerprint density at radius 2 is 1.75 bits per heavy atom. The van der Waals surface area contributed by atoms with Gasteiger partial charge in [-0.05, 0) is 11.6 Å². The molecular weight excluding hydrogens is 220 g/mol. The third-order valence-electron chi connectivity index (χ3n) is 2.37. The Bertz CT molecular complexity index is 556. The van der Waals surface area contributed by atoms with Crippen LogP contribution in [0.4, 0.5) is 5.69 Å². The molecule has 0 aliphatic rings. The molecule has 0 atom stereocenters. The first kappa shape index (κ1) is 10.5. The second-order valence-corrected chi connectivity index (χ2v) is 3.75. The summed E-state index contributed by atoms with van der Waals surface area (Å²) in [5.41, 5.74) is 8.22. The Hall–Kier alpha value is -1.98. The summed E-state index contributed by atoms with van der Waals surface area (Å²) in [5, 5.41) is 9.37. The number of nitrogen functional groups attached to an aromatic ring is 1. The number of hydrogen-bond donors (Lipinski definition) is 1. The van der Waals surface area contributed by atoms with Gasteiger partial charge >= 0.3 is 0 Å². The maximum absolute atomic E-state index is 8.96. The molecule has 16 heavy (non-hydrogen) atoms. The van der Waals surface area contributed by atoms with Gasteiger partial charge in [0.05, 0.1) is 16.3 Å². The van der Waals surface area contributed by atoms with Gasteiger partial charge in [-0.1, -0.05) is 48.0 Å². The van der Waals surface area contributed by atoms with Crippen LogP contribution in [0, 0.1) is 11.3 Å². The molecule has 0 unspecified atom stereocenters. The predicted octanol–water partition coefficient (Wildman–Crippen LogP) is 3.46. The molecule has 0 saturated carbocycles. The molecule has 2 N–H and O–H groups in total. The van der Waals surface area contributed by atoms with Crippen LogP contribution in [0.25, 0.3) is 11.1 Å². The van der Waals surface area contributed by atoms with Crippen molar-refractivity contribution in [3.8, 4) is 17.2 Å². The van der Waals surface area contributed by atoms with Crippen molar-refractivity contribution in [2.75, 3.05) is 5.73 Å². The number of nitriles is 1. The predicted molar refractivity (Wildman–Crippen MR) is 66.0 cm³/mol. The molecule has 0 amide bonds. The standard InChI is InChI=1S/C13H9ClN2/c14-13-10(9-4-2-1-3-5-9)6-7-12(16)11(13)8-15/h1-7H,16H2. The van der Waals surface area contributed by atoms with E-state index in [4.69, 9.17) is 22.6 Å².